The van der Waals surface area contributed by atoms with Crippen LogP contribution in [0.1, 0.15) is 0 Å². The molecule has 1 aromatic carbocycles. The van der Waals surface area contributed by atoms with Gasteiger partial charge in [0.25, 0.3) is 0 Å². The van der Waals surface area contributed by atoms with E-state index >= 15 is 0 Å². The number of benzene rings is 1. The van der Waals surface area contributed by atoms with E-state index in [1.54, 1.807) is 18.6 Å². The highest BCUT2D eigenvalue weighted by molar-refractivity contribution is 7.71. The number of nitrogens with one attached hydrogen (secondary N) is 1. The van der Waals surface area contributed by atoms with Gasteiger partial charge in [0.05, 0.1) is 22.9 Å². The second kappa shape index (κ2) is 4.25. The molecule has 0 fully saturated rings. The number of nitrogens with zero attached hydrogens (tertiary/aromatic N) is 3. The topological polar surface area (TPSA) is 46.5 Å². The minimum atomic E-state index is 0.657. The lowest BCUT2D eigenvalue weighted by molar-refractivity contribution is 1.07. The van der Waals surface area contributed by atoms with E-state index in [4.69, 9.17) is 12.2 Å². The second-order valence-corrected chi connectivity index (χ2v) is 4.92. The van der Waals surface area contributed by atoms with Crippen molar-refractivity contribution in [2.75, 3.05) is 0 Å². The van der Waals surface area contributed by atoms with Crippen LogP contribution in [-0.2, 0) is 0 Å². The van der Waals surface area contributed by atoms with Crippen molar-refractivity contribution < 1.29 is 0 Å². The fraction of sp³-hybridized carbons (Fsp3) is 0. The Bertz CT molecular complexity index is 978. The van der Waals surface area contributed by atoms with Gasteiger partial charge < -0.3 is 4.98 Å². The monoisotopic (exact) mass is 278 g/mol. The molecule has 0 aliphatic carbocycles. The Kier molecular flexibility index (Phi) is 2.40. The van der Waals surface area contributed by atoms with Crippen molar-refractivity contribution in [3.05, 3.63) is 59.9 Å². The lowest BCUT2D eigenvalue weighted by atomic mass is 10.1. The van der Waals surface area contributed by atoms with E-state index in [9.17, 15) is 0 Å². The van der Waals surface area contributed by atoms with E-state index in [-0.39, 0.29) is 0 Å². The summed E-state index contributed by atoms with van der Waals surface area (Å²) in [5.74, 6) is 0. The first-order valence-corrected chi connectivity index (χ1v) is 6.63. The predicted molar refractivity (Wildman–Crippen MR) is 81.6 cm³/mol. The van der Waals surface area contributed by atoms with Gasteiger partial charge in [0.2, 0.25) is 0 Å². The third-order valence-corrected chi connectivity index (χ3v) is 3.67. The van der Waals surface area contributed by atoms with Gasteiger partial charge in [-0.05, 0) is 35.8 Å². The zero-order valence-corrected chi connectivity index (χ0v) is 11.3. The zero-order valence-electron chi connectivity index (χ0n) is 10.4. The molecule has 3 heterocycles. The van der Waals surface area contributed by atoms with Crippen molar-refractivity contribution in [3.63, 3.8) is 0 Å². The van der Waals surface area contributed by atoms with Crippen LogP contribution in [-0.4, -0.2) is 19.5 Å². The molecule has 0 unspecified atom stereocenters. The molecule has 1 N–H and O–H groups in total. The van der Waals surface area contributed by atoms with E-state index < -0.39 is 0 Å². The van der Waals surface area contributed by atoms with Gasteiger partial charge in [0.1, 0.15) is 0 Å². The summed E-state index contributed by atoms with van der Waals surface area (Å²) in [5.41, 5.74) is 2.97. The Hall–Kier alpha value is -2.53. The quantitative estimate of drug-likeness (QED) is 0.541. The average molecular weight is 278 g/mol. The zero-order chi connectivity index (χ0) is 13.5. The minimum Gasteiger partial charge on any atom is -0.329 e. The van der Waals surface area contributed by atoms with E-state index in [2.05, 4.69) is 21.0 Å². The fourth-order valence-corrected chi connectivity index (χ4v) is 2.80. The normalized spacial score (nSPS) is 11.2. The molecule has 4 rings (SSSR count). The van der Waals surface area contributed by atoms with Crippen LogP contribution in [0.4, 0.5) is 0 Å². The molecule has 0 radical (unpaired) electrons. The summed E-state index contributed by atoms with van der Waals surface area (Å²) in [6.45, 7) is 0. The number of imidazole rings is 1. The van der Waals surface area contributed by atoms with Crippen molar-refractivity contribution >= 4 is 34.0 Å². The maximum atomic E-state index is 5.46. The van der Waals surface area contributed by atoms with Crippen LogP contribution >= 0.6 is 12.2 Å². The van der Waals surface area contributed by atoms with Crippen LogP contribution in [0.25, 0.3) is 27.5 Å². The van der Waals surface area contributed by atoms with Gasteiger partial charge in [-0.3, -0.25) is 14.5 Å². The second-order valence-electron chi connectivity index (χ2n) is 4.53. The van der Waals surface area contributed by atoms with Crippen LogP contribution in [0, 0.1) is 4.77 Å². The number of H-pyrrole nitrogens is 1. The van der Waals surface area contributed by atoms with Crippen LogP contribution in [0.15, 0.2) is 55.1 Å². The fourth-order valence-electron chi connectivity index (χ4n) is 2.49. The van der Waals surface area contributed by atoms with Crippen molar-refractivity contribution in [2.45, 2.75) is 0 Å². The number of rotatable bonds is 1. The molecule has 0 bridgehead atoms. The summed E-state index contributed by atoms with van der Waals surface area (Å²) in [7, 11) is 0. The molecule has 0 aliphatic rings. The summed E-state index contributed by atoms with van der Waals surface area (Å²) in [4.78, 5) is 11.5. The molecule has 96 valence electrons. The SMILES string of the molecule is S=c1[nH]c2cnccc2n1-c1cccc2ccncc12. The largest absolute Gasteiger partial charge is 0.329 e. The van der Waals surface area contributed by atoms with Gasteiger partial charge in [0.15, 0.2) is 4.77 Å². The van der Waals surface area contributed by atoms with Crippen LogP contribution < -0.4 is 0 Å². The van der Waals surface area contributed by atoms with Gasteiger partial charge in [-0.15, -0.1) is 0 Å². The molecule has 0 atom stereocenters. The standard InChI is InChI=1S/C15H10N4S/c20-15-18-12-9-17-7-5-14(12)19(15)13-3-1-2-10-4-6-16-8-11(10)13/h1-9H,(H,18,20). The number of hydrogen-bond acceptors (Lipinski definition) is 3. The van der Waals surface area contributed by atoms with Crippen molar-refractivity contribution in [2.24, 2.45) is 0 Å². The molecule has 0 aliphatic heterocycles. The van der Waals surface area contributed by atoms with Gasteiger partial charge in [-0.25, -0.2) is 0 Å². The summed E-state index contributed by atoms with van der Waals surface area (Å²) in [5, 5.41) is 2.21. The van der Waals surface area contributed by atoms with Crippen LogP contribution in [0.2, 0.25) is 0 Å². The predicted octanol–water partition coefficient (Wildman–Crippen LogP) is 3.63. The van der Waals surface area contributed by atoms with Crippen molar-refractivity contribution in [1.82, 2.24) is 19.5 Å². The average Bonchev–Trinajstić information content (AvgIpc) is 2.82. The van der Waals surface area contributed by atoms with Crippen LogP contribution in [0.5, 0.6) is 0 Å². The molecule has 0 amide bonds. The molecule has 4 nitrogen and oxygen atoms in total. The van der Waals surface area contributed by atoms with E-state index in [0.29, 0.717) is 4.77 Å². The highest BCUT2D eigenvalue weighted by atomic mass is 32.1. The number of hydrogen-bond donors (Lipinski definition) is 1. The first kappa shape index (κ1) is 11.3. The number of pyridine rings is 2. The lowest BCUT2D eigenvalue weighted by Crippen LogP contribution is -1.95. The number of fused-ring (bicyclic) bond motifs is 2. The van der Waals surface area contributed by atoms with E-state index in [1.165, 1.54) is 0 Å². The number of aromatic nitrogens is 4. The highest BCUT2D eigenvalue weighted by Gasteiger charge is 2.09. The molecule has 0 saturated heterocycles. The Balaban J connectivity index is 2.17. The van der Waals surface area contributed by atoms with Gasteiger partial charge >= 0.3 is 0 Å². The molecule has 4 aromatic rings. The van der Waals surface area contributed by atoms with Crippen LogP contribution in [0.3, 0.4) is 0 Å². The minimum absolute atomic E-state index is 0.657. The maximum absolute atomic E-state index is 5.46. The summed E-state index contributed by atoms with van der Waals surface area (Å²) in [6, 6.07) is 10.1. The van der Waals surface area contributed by atoms with Gasteiger partial charge in [-0.2, -0.15) is 0 Å². The summed E-state index contributed by atoms with van der Waals surface area (Å²) in [6.07, 6.45) is 7.22. The van der Waals surface area contributed by atoms with Gasteiger partial charge in [0, 0.05) is 24.0 Å². The lowest BCUT2D eigenvalue weighted by Gasteiger charge is -2.08. The summed E-state index contributed by atoms with van der Waals surface area (Å²) >= 11 is 5.46. The third kappa shape index (κ3) is 1.57. The highest BCUT2D eigenvalue weighted by Crippen LogP contribution is 2.25. The Morgan fingerprint density at radius 2 is 1.85 bits per heavy atom. The molecule has 20 heavy (non-hydrogen) atoms. The maximum Gasteiger partial charge on any atom is 0.182 e. The molecule has 0 spiro atoms. The first-order chi connectivity index (χ1) is 9.84. The van der Waals surface area contributed by atoms with E-state index in [0.717, 1.165) is 27.5 Å². The Morgan fingerprint density at radius 3 is 2.80 bits per heavy atom. The molecule has 5 heteroatoms. The van der Waals surface area contributed by atoms with Crippen molar-refractivity contribution in [1.29, 1.82) is 0 Å². The Morgan fingerprint density at radius 1 is 1.00 bits per heavy atom. The third-order valence-electron chi connectivity index (χ3n) is 3.39. The molecular weight excluding hydrogens is 268 g/mol. The van der Waals surface area contributed by atoms with Crippen molar-refractivity contribution in [3.8, 4) is 5.69 Å². The number of aromatic amines is 1. The Labute approximate surface area is 119 Å². The molecule has 3 aromatic heterocycles. The van der Waals surface area contributed by atoms with Gasteiger partial charge in [-0.1, -0.05) is 12.1 Å². The van der Waals surface area contributed by atoms with E-state index in [1.807, 2.05) is 35.0 Å². The summed E-state index contributed by atoms with van der Waals surface area (Å²) < 4.78 is 2.68. The first-order valence-electron chi connectivity index (χ1n) is 6.22. The molecular formula is C15H10N4S. The smallest absolute Gasteiger partial charge is 0.182 e. The molecule has 0 saturated carbocycles.